The van der Waals surface area contributed by atoms with Crippen LogP contribution in [0.2, 0.25) is 5.02 Å². The highest BCUT2D eigenvalue weighted by Crippen LogP contribution is 2.44. The van der Waals surface area contributed by atoms with Gasteiger partial charge in [-0.2, -0.15) is 0 Å². The fourth-order valence-corrected chi connectivity index (χ4v) is 4.47. The molecule has 1 aliphatic rings. The first-order chi connectivity index (χ1) is 17.2. The molecule has 3 aromatic carbocycles. The number of Topliss-reactive ketones (excluding diaryl/α,β-unsaturated/α-hetero) is 1. The number of hydrogen-bond donors (Lipinski definition) is 2. The summed E-state index contributed by atoms with van der Waals surface area (Å²) in [4.78, 5) is 28.0. The zero-order valence-corrected chi connectivity index (χ0v) is 21.1. The largest absolute Gasteiger partial charge is 0.507 e. The van der Waals surface area contributed by atoms with Crippen molar-refractivity contribution >= 4 is 34.7 Å². The van der Waals surface area contributed by atoms with Crippen molar-refractivity contribution in [2.75, 3.05) is 18.6 Å². The summed E-state index contributed by atoms with van der Waals surface area (Å²) in [6.45, 7) is 5.72. The molecule has 4 rings (SSSR count). The number of benzene rings is 3. The first-order valence-electron chi connectivity index (χ1n) is 11.4. The van der Waals surface area contributed by atoms with Gasteiger partial charge in [0.2, 0.25) is 0 Å². The third-order valence-electron chi connectivity index (χ3n) is 6.15. The number of carbonyl (C=O) groups is 2. The van der Waals surface area contributed by atoms with Crippen molar-refractivity contribution in [3.8, 4) is 17.2 Å². The summed E-state index contributed by atoms with van der Waals surface area (Å²) in [6.07, 6.45) is 0. The number of carbonyl (C=O) groups excluding carboxylic acids is 2. The molecule has 0 aliphatic carbocycles. The number of aliphatic hydroxyl groups is 1. The van der Waals surface area contributed by atoms with Gasteiger partial charge in [-0.25, -0.2) is 0 Å². The average Bonchev–Trinajstić information content (AvgIpc) is 3.12. The van der Waals surface area contributed by atoms with Crippen LogP contribution in [0.3, 0.4) is 0 Å². The molecule has 1 amide bonds. The molecule has 1 unspecified atom stereocenters. The summed E-state index contributed by atoms with van der Waals surface area (Å²) in [5.74, 6) is -1.23. The Balaban J connectivity index is 1.97. The molecule has 1 atom stereocenters. The predicted octanol–water partition coefficient (Wildman–Crippen LogP) is 5.70. The number of nitrogens with zero attached hydrogens (tertiary/aromatic N) is 1. The van der Waals surface area contributed by atoms with E-state index in [2.05, 4.69) is 0 Å². The van der Waals surface area contributed by atoms with Crippen LogP contribution in [0.4, 0.5) is 5.69 Å². The van der Waals surface area contributed by atoms with Gasteiger partial charge in [0, 0.05) is 16.3 Å². The second-order valence-corrected chi connectivity index (χ2v) is 8.85. The van der Waals surface area contributed by atoms with E-state index in [1.165, 1.54) is 11.0 Å². The molecule has 1 heterocycles. The van der Waals surface area contributed by atoms with E-state index in [1.54, 1.807) is 62.6 Å². The monoisotopic (exact) mass is 507 g/mol. The number of phenols is 1. The van der Waals surface area contributed by atoms with Gasteiger partial charge in [-0.15, -0.1) is 0 Å². The maximum absolute atomic E-state index is 13.4. The van der Waals surface area contributed by atoms with Gasteiger partial charge in [0.1, 0.15) is 11.5 Å². The summed E-state index contributed by atoms with van der Waals surface area (Å²) >= 11 is 6.35. The molecule has 1 fully saturated rings. The Bertz CT molecular complexity index is 1400. The van der Waals surface area contributed by atoms with Crippen LogP contribution in [0.1, 0.15) is 35.2 Å². The molecule has 0 spiro atoms. The van der Waals surface area contributed by atoms with Gasteiger partial charge in [-0.3, -0.25) is 14.5 Å². The minimum atomic E-state index is -0.994. The molecule has 0 saturated carbocycles. The number of halogens is 1. The molecule has 7 nitrogen and oxygen atoms in total. The van der Waals surface area contributed by atoms with Crippen LogP contribution in [-0.4, -0.2) is 35.6 Å². The molecular weight excluding hydrogens is 482 g/mol. The minimum absolute atomic E-state index is 0.0817. The zero-order valence-electron chi connectivity index (χ0n) is 20.3. The standard InChI is InChI=1S/C28H26ClNO6/c1-5-36-23-13-17(7-10-21(23)31)25-24(26(32)18-8-11-22(35-4)16(3)12-18)27(33)28(34)30(25)19-9-6-15(2)20(29)14-19/h6-14,25,31-32H,5H2,1-4H3/b26-24+. The predicted molar refractivity (Wildman–Crippen MR) is 138 cm³/mol. The Morgan fingerprint density at radius 3 is 2.39 bits per heavy atom. The number of phenolic OH excluding ortho intramolecular Hbond substituents is 1. The number of anilines is 1. The highest BCUT2D eigenvalue weighted by atomic mass is 35.5. The van der Waals surface area contributed by atoms with Gasteiger partial charge in [0.25, 0.3) is 11.7 Å². The second kappa shape index (κ2) is 9.95. The van der Waals surface area contributed by atoms with Crippen LogP contribution in [0, 0.1) is 13.8 Å². The third-order valence-corrected chi connectivity index (χ3v) is 6.55. The molecule has 36 heavy (non-hydrogen) atoms. The van der Waals surface area contributed by atoms with Crippen LogP contribution >= 0.6 is 11.6 Å². The van der Waals surface area contributed by atoms with Gasteiger partial charge < -0.3 is 19.7 Å². The van der Waals surface area contributed by atoms with Gasteiger partial charge in [-0.1, -0.05) is 23.7 Å². The number of amides is 1. The van der Waals surface area contributed by atoms with Gasteiger partial charge in [0.15, 0.2) is 11.5 Å². The molecule has 0 radical (unpaired) electrons. The van der Waals surface area contributed by atoms with Gasteiger partial charge >= 0.3 is 0 Å². The number of hydrogen-bond acceptors (Lipinski definition) is 6. The first-order valence-corrected chi connectivity index (χ1v) is 11.7. The molecular formula is C28H26ClNO6. The van der Waals surface area contributed by atoms with Crippen LogP contribution in [0.15, 0.2) is 60.2 Å². The van der Waals surface area contributed by atoms with Crippen molar-refractivity contribution in [3.05, 3.63) is 87.4 Å². The second-order valence-electron chi connectivity index (χ2n) is 8.45. The van der Waals surface area contributed by atoms with E-state index in [1.807, 2.05) is 13.8 Å². The molecule has 0 bridgehead atoms. The van der Waals surface area contributed by atoms with Crippen LogP contribution < -0.4 is 14.4 Å². The SMILES string of the molecule is CCOc1cc(C2/C(=C(\O)c3ccc(OC)c(C)c3)C(=O)C(=O)N2c2ccc(C)c(Cl)c2)ccc1O. The number of aromatic hydroxyl groups is 1. The number of aliphatic hydroxyl groups excluding tert-OH is 1. The Morgan fingerprint density at radius 2 is 1.75 bits per heavy atom. The summed E-state index contributed by atoms with van der Waals surface area (Å²) < 4.78 is 10.8. The minimum Gasteiger partial charge on any atom is -0.507 e. The fourth-order valence-electron chi connectivity index (χ4n) is 4.30. The normalized spacial score (nSPS) is 16.9. The average molecular weight is 508 g/mol. The van der Waals surface area contributed by atoms with Crippen molar-refractivity contribution in [1.82, 2.24) is 0 Å². The number of ketones is 1. The van der Waals surface area contributed by atoms with Gasteiger partial charge in [0.05, 0.1) is 25.3 Å². The number of ether oxygens (including phenoxy) is 2. The van der Waals surface area contributed by atoms with Crippen LogP contribution in [0.5, 0.6) is 17.2 Å². The van der Waals surface area contributed by atoms with Crippen molar-refractivity contribution in [2.45, 2.75) is 26.8 Å². The van der Waals surface area contributed by atoms with E-state index in [0.29, 0.717) is 34.2 Å². The lowest BCUT2D eigenvalue weighted by Gasteiger charge is -2.26. The van der Waals surface area contributed by atoms with Gasteiger partial charge in [-0.05, 0) is 79.9 Å². The van der Waals surface area contributed by atoms with Crippen molar-refractivity contribution in [1.29, 1.82) is 0 Å². The van der Waals surface area contributed by atoms with Crippen LogP contribution in [0.25, 0.3) is 5.76 Å². The summed E-state index contributed by atoms with van der Waals surface area (Å²) in [6, 6.07) is 13.6. The Labute approximate surface area is 214 Å². The maximum Gasteiger partial charge on any atom is 0.300 e. The maximum atomic E-state index is 13.4. The highest BCUT2D eigenvalue weighted by Gasteiger charge is 2.47. The molecule has 0 aromatic heterocycles. The molecule has 3 aromatic rings. The lowest BCUT2D eigenvalue weighted by Crippen LogP contribution is -2.29. The van der Waals surface area contributed by atoms with E-state index < -0.39 is 17.7 Å². The molecule has 1 saturated heterocycles. The van der Waals surface area contributed by atoms with E-state index in [0.717, 1.165) is 11.1 Å². The lowest BCUT2D eigenvalue weighted by molar-refractivity contribution is -0.132. The zero-order chi connectivity index (χ0) is 26.1. The Kier molecular flexibility index (Phi) is 6.95. The van der Waals surface area contributed by atoms with Crippen molar-refractivity contribution in [2.24, 2.45) is 0 Å². The van der Waals surface area contributed by atoms with E-state index in [-0.39, 0.29) is 22.8 Å². The van der Waals surface area contributed by atoms with E-state index in [9.17, 15) is 19.8 Å². The third kappa shape index (κ3) is 4.38. The Morgan fingerprint density at radius 1 is 1.00 bits per heavy atom. The summed E-state index contributed by atoms with van der Waals surface area (Å²) in [5.41, 5.74) is 2.70. The quantitative estimate of drug-likeness (QED) is 0.252. The molecule has 8 heteroatoms. The number of aryl methyl sites for hydroxylation is 2. The topological polar surface area (TPSA) is 96.3 Å². The smallest absolute Gasteiger partial charge is 0.300 e. The number of rotatable bonds is 6. The number of methoxy groups -OCH3 is 1. The first kappa shape index (κ1) is 25.1. The van der Waals surface area contributed by atoms with Crippen LogP contribution in [-0.2, 0) is 9.59 Å². The van der Waals surface area contributed by atoms with E-state index >= 15 is 0 Å². The van der Waals surface area contributed by atoms with Crippen molar-refractivity contribution in [3.63, 3.8) is 0 Å². The van der Waals surface area contributed by atoms with Crippen molar-refractivity contribution < 1.29 is 29.3 Å². The molecule has 186 valence electrons. The summed E-state index contributed by atoms with van der Waals surface area (Å²) in [5, 5.41) is 22.0. The highest BCUT2D eigenvalue weighted by molar-refractivity contribution is 6.51. The lowest BCUT2D eigenvalue weighted by atomic mass is 9.94. The Hall–Kier alpha value is -3.97. The molecule has 2 N–H and O–H groups in total. The molecule has 1 aliphatic heterocycles. The fraction of sp³-hybridized carbons (Fsp3) is 0.214. The summed E-state index contributed by atoms with van der Waals surface area (Å²) in [7, 11) is 1.54. The van der Waals surface area contributed by atoms with E-state index in [4.69, 9.17) is 21.1 Å².